The van der Waals surface area contributed by atoms with Gasteiger partial charge in [-0.3, -0.25) is 0 Å². The van der Waals surface area contributed by atoms with E-state index >= 15 is 0 Å². The smallest absolute Gasteiger partial charge is 0.134 e. The van der Waals surface area contributed by atoms with Crippen molar-refractivity contribution < 1.29 is 0 Å². The molecule has 0 saturated carbocycles. The molecule has 1 aliphatic heterocycles. The Kier molecular flexibility index (Phi) is 4.81. The van der Waals surface area contributed by atoms with Gasteiger partial charge in [-0.1, -0.05) is 31.0 Å². The van der Waals surface area contributed by atoms with Crippen molar-refractivity contribution in [3.63, 3.8) is 0 Å². The van der Waals surface area contributed by atoms with Gasteiger partial charge in [0.25, 0.3) is 0 Å². The van der Waals surface area contributed by atoms with E-state index in [9.17, 15) is 0 Å². The van der Waals surface area contributed by atoms with E-state index in [2.05, 4.69) is 61.7 Å². The molecule has 3 aromatic rings. The zero-order valence-electron chi connectivity index (χ0n) is 14.5. The van der Waals surface area contributed by atoms with E-state index in [1.54, 1.807) is 6.33 Å². The third-order valence-corrected chi connectivity index (χ3v) is 4.96. The lowest BCUT2D eigenvalue weighted by Gasteiger charge is -2.21. The average Bonchev–Trinajstić information content (AvgIpc) is 2.88. The van der Waals surface area contributed by atoms with E-state index in [4.69, 9.17) is 0 Å². The molecule has 5 heteroatoms. The lowest BCUT2D eigenvalue weighted by molar-refractivity contribution is 0.726. The van der Waals surface area contributed by atoms with Gasteiger partial charge >= 0.3 is 0 Å². The first-order chi connectivity index (χ1) is 12.4. The number of benzene rings is 1. The summed E-state index contributed by atoms with van der Waals surface area (Å²) >= 11 is 0. The minimum Gasteiger partial charge on any atom is -0.370 e. The van der Waals surface area contributed by atoms with Gasteiger partial charge in [-0.2, -0.15) is 0 Å². The van der Waals surface area contributed by atoms with Crippen molar-refractivity contribution in [2.24, 2.45) is 0 Å². The van der Waals surface area contributed by atoms with Crippen LogP contribution in [0.25, 0.3) is 10.9 Å². The molecule has 2 N–H and O–H groups in total. The average molecular weight is 335 g/mol. The van der Waals surface area contributed by atoms with Crippen LogP contribution in [0.3, 0.4) is 0 Å². The number of hydrogen-bond donors (Lipinski definition) is 2. The van der Waals surface area contributed by atoms with Gasteiger partial charge in [0.1, 0.15) is 18.0 Å². The van der Waals surface area contributed by atoms with Gasteiger partial charge < -0.3 is 15.2 Å². The molecule has 25 heavy (non-hydrogen) atoms. The highest BCUT2D eigenvalue weighted by Gasteiger charge is 2.11. The molecule has 1 saturated heterocycles. The molecule has 2 aromatic heterocycles. The Bertz CT molecular complexity index is 818. The normalized spacial score (nSPS) is 15.3. The van der Waals surface area contributed by atoms with Crippen LogP contribution in [0, 0.1) is 0 Å². The molecule has 0 spiro atoms. The number of aromatic nitrogens is 3. The Balaban J connectivity index is 1.38. The topological polar surface area (TPSA) is 56.8 Å². The van der Waals surface area contributed by atoms with Gasteiger partial charge in [0.05, 0.1) is 0 Å². The number of para-hydroxylation sites is 1. The Morgan fingerprint density at radius 1 is 1.04 bits per heavy atom. The minimum absolute atomic E-state index is 0.859. The highest BCUT2D eigenvalue weighted by atomic mass is 15.2. The van der Waals surface area contributed by atoms with E-state index in [1.165, 1.54) is 42.1 Å². The second-order valence-electron chi connectivity index (χ2n) is 6.70. The summed E-state index contributed by atoms with van der Waals surface area (Å²) in [5.74, 6) is 1.96. The van der Waals surface area contributed by atoms with Gasteiger partial charge in [-0.25, -0.2) is 9.97 Å². The summed E-state index contributed by atoms with van der Waals surface area (Å²) in [4.78, 5) is 14.6. The van der Waals surface area contributed by atoms with Crippen LogP contribution >= 0.6 is 0 Å². The van der Waals surface area contributed by atoms with Crippen LogP contribution in [0.5, 0.6) is 0 Å². The first-order valence-electron chi connectivity index (χ1n) is 9.26. The Hall–Kier alpha value is -2.56. The van der Waals surface area contributed by atoms with E-state index in [0.717, 1.165) is 37.7 Å². The molecule has 5 nitrogen and oxygen atoms in total. The molecule has 0 atom stereocenters. The number of fused-ring (bicyclic) bond motifs is 1. The second kappa shape index (κ2) is 7.55. The van der Waals surface area contributed by atoms with Crippen LogP contribution in [0.15, 0.2) is 42.9 Å². The number of nitrogens with one attached hydrogen (secondary N) is 2. The molecular formula is C20H25N5. The molecule has 0 radical (unpaired) electrons. The lowest BCUT2D eigenvalue weighted by Crippen LogP contribution is -2.25. The summed E-state index contributed by atoms with van der Waals surface area (Å²) in [5.41, 5.74) is 2.54. The van der Waals surface area contributed by atoms with Crippen molar-refractivity contribution in [2.45, 2.75) is 32.1 Å². The van der Waals surface area contributed by atoms with E-state index in [-0.39, 0.29) is 0 Å². The maximum Gasteiger partial charge on any atom is 0.134 e. The van der Waals surface area contributed by atoms with Crippen molar-refractivity contribution in [1.82, 2.24) is 15.0 Å². The van der Waals surface area contributed by atoms with Gasteiger partial charge in [0.15, 0.2) is 0 Å². The third kappa shape index (κ3) is 3.76. The zero-order valence-corrected chi connectivity index (χ0v) is 14.5. The van der Waals surface area contributed by atoms with Gasteiger partial charge in [-0.15, -0.1) is 0 Å². The van der Waals surface area contributed by atoms with Gasteiger partial charge in [0.2, 0.25) is 0 Å². The van der Waals surface area contributed by atoms with Crippen LogP contribution < -0.4 is 10.2 Å². The van der Waals surface area contributed by atoms with Crippen molar-refractivity contribution in [3.05, 3.63) is 48.4 Å². The first-order valence-corrected chi connectivity index (χ1v) is 9.26. The Morgan fingerprint density at radius 3 is 2.76 bits per heavy atom. The fourth-order valence-corrected chi connectivity index (χ4v) is 3.58. The summed E-state index contributed by atoms with van der Waals surface area (Å²) in [6, 6.07) is 10.5. The zero-order chi connectivity index (χ0) is 16.9. The van der Waals surface area contributed by atoms with Crippen LogP contribution in [0.4, 0.5) is 11.6 Å². The van der Waals surface area contributed by atoms with Crippen molar-refractivity contribution >= 4 is 22.5 Å². The number of H-pyrrole nitrogens is 1. The summed E-state index contributed by atoms with van der Waals surface area (Å²) in [5, 5.41) is 4.75. The monoisotopic (exact) mass is 335 g/mol. The maximum atomic E-state index is 4.47. The van der Waals surface area contributed by atoms with Crippen LogP contribution in [0.2, 0.25) is 0 Å². The largest absolute Gasteiger partial charge is 0.370 e. The molecule has 1 fully saturated rings. The Morgan fingerprint density at radius 2 is 1.88 bits per heavy atom. The molecule has 3 heterocycles. The number of rotatable bonds is 5. The van der Waals surface area contributed by atoms with Crippen LogP contribution in [-0.4, -0.2) is 34.6 Å². The fourth-order valence-electron chi connectivity index (χ4n) is 3.58. The molecule has 4 rings (SSSR count). The van der Waals surface area contributed by atoms with Gasteiger partial charge in [-0.05, 0) is 30.9 Å². The van der Waals surface area contributed by atoms with Crippen LogP contribution in [0.1, 0.15) is 31.2 Å². The fraction of sp³-hybridized carbons (Fsp3) is 0.400. The second-order valence-corrected chi connectivity index (χ2v) is 6.70. The summed E-state index contributed by atoms with van der Waals surface area (Å²) < 4.78 is 0. The summed E-state index contributed by atoms with van der Waals surface area (Å²) in [6.45, 7) is 3.07. The minimum atomic E-state index is 0.859. The highest BCUT2D eigenvalue weighted by molar-refractivity contribution is 5.83. The molecule has 0 aliphatic carbocycles. The SMILES string of the molecule is c1ccc2c(CCNc3cc(N4CCCCCC4)ncn3)c[nH]c2c1. The summed E-state index contributed by atoms with van der Waals surface area (Å²) in [7, 11) is 0. The quantitative estimate of drug-likeness (QED) is 0.740. The van der Waals surface area contributed by atoms with Crippen molar-refractivity contribution in [2.75, 3.05) is 29.9 Å². The Labute approximate surface area is 148 Å². The number of hydrogen-bond acceptors (Lipinski definition) is 4. The van der Waals surface area contributed by atoms with E-state index in [0.29, 0.717) is 0 Å². The van der Waals surface area contributed by atoms with Crippen LogP contribution in [-0.2, 0) is 6.42 Å². The third-order valence-electron chi connectivity index (χ3n) is 4.96. The highest BCUT2D eigenvalue weighted by Crippen LogP contribution is 2.20. The lowest BCUT2D eigenvalue weighted by atomic mass is 10.1. The molecule has 0 amide bonds. The maximum absolute atomic E-state index is 4.47. The van der Waals surface area contributed by atoms with E-state index < -0.39 is 0 Å². The predicted octanol–water partition coefficient (Wildman–Crippen LogP) is 3.99. The van der Waals surface area contributed by atoms with E-state index in [1.807, 2.05) is 0 Å². The molecule has 1 aliphatic rings. The molecular weight excluding hydrogens is 310 g/mol. The molecule has 0 unspecified atom stereocenters. The van der Waals surface area contributed by atoms with Crippen molar-refractivity contribution in [1.29, 1.82) is 0 Å². The first kappa shape index (κ1) is 15.9. The molecule has 130 valence electrons. The number of aromatic amines is 1. The number of nitrogens with zero attached hydrogens (tertiary/aromatic N) is 3. The molecule has 1 aromatic carbocycles. The predicted molar refractivity (Wildman–Crippen MR) is 103 cm³/mol. The molecule has 0 bridgehead atoms. The standard InChI is InChI=1S/C20H25N5/c1-2-6-12-25(11-5-1)20-13-19(23-15-24-20)21-10-9-16-14-22-18-8-4-3-7-17(16)18/h3-4,7-8,13-15,22H,1-2,5-6,9-12H2,(H,21,23,24). The van der Waals surface area contributed by atoms with Gasteiger partial charge in [0, 0.05) is 42.8 Å². The number of anilines is 2. The van der Waals surface area contributed by atoms with Crippen molar-refractivity contribution in [3.8, 4) is 0 Å². The summed E-state index contributed by atoms with van der Waals surface area (Å²) in [6.07, 6.45) is 9.92.